The average Bonchev–Trinajstić information content (AvgIpc) is 3.60. The van der Waals surface area contributed by atoms with Crippen molar-refractivity contribution in [3.05, 3.63) is 220 Å². The molecule has 322 valence electrons. The van der Waals surface area contributed by atoms with Gasteiger partial charge in [0, 0.05) is 0 Å². The Morgan fingerprint density at radius 1 is 0.431 bits per heavy atom. The van der Waals surface area contributed by atoms with Gasteiger partial charge < -0.3 is 0 Å². The van der Waals surface area contributed by atoms with E-state index in [9.17, 15) is 45.3 Å². The Hall–Kier alpha value is -6.91. The second kappa shape index (κ2) is 17.9. The Bertz CT molecular complexity index is 2830. The first-order valence-corrected chi connectivity index (χ1v) is 25.5. The fourth-order valence-electron chi connectivity index (χ4n) is 7.23. The molecule has 21 heteroatoms. The van der Waals surface area contributed by atoms with E-state index in [1.165, 1.54) is 24.3 Å². The topological polar surface area (TPSA) is 215 Å². The van der Waals surface area contributed by atoms with E-state index >= 15 is 0 Å². The van der Waals surface area contributed by atoms with Gasteiger partial charge in [-0.25, -0.2) is 0 Å². The summed E-state index contributed by atoms with van der Waals surface area (Å²) in [6, 6.07) is 42.8. The van der Waals surface area contributed by atoms with Gasteiger partial charge in [0.05, 0.1) is 0 Å². The number of nitro benzene ring substituents is 4. The third-order valence-corrected chi connectivity index (χ3v) is 21.0. The Morgan fingerprint density at radius 2 is 0.769 bits per heavy atom. The van der Waals surface area contributed by atoms with Gasteiger partial charge in [-0.05, 0) is 0 Å². The van der Waals surface area contributed by atoms with E-state index in [0.717, 1.165) is 0 Å². The minimum absolute atomic E-state index is 0.102. The second-order valence-corrected chi connectivity index (χ2v) is 24.5. The number of benzene rings is 7. The molecule has 0 aliphatic carbocycles. The molecule has 2 aliphatic rings. The molecule has 0 radical (unpaired) electrons. The van der Waals surface area contributed by atoms with Gasteiger partial charge in [-0.15, -0.1) is 0 Å². The van der Waals surface area contributed by atoms with Crippen LogP contribution in [0.5, 0.6) is 11.5 Å². The summed E-state index contributed by atoms with van der Waals surface area (Å²) >= 11 is -3.18. The maximum atomic E-state index is 13.8. The summed E-state index contributed by atoms with van der Waals surface area (Å²) < 4.78 is 18.7. The molecule has 0 saturated carbocycles. The number of para-hydroxylation sites is 4. The molecule has 0 fully saturated rings. The molecular weight excluding hydrogens is 1100 g/mol. The third-order valence-electron chi connectivity index (χ3n) is 10.1. The number of nitro groups is 4. The van der Waals surface area contributed by atoms with Crippen molar-refractivity contribution in [2.45, 2.75) is 5.60 Å². The number of carbonyl (C=O) groups is 1. The van der Waals surface area contributed by atoms with E-state index < -0.39 is 92.0 Å². The summed E-state index contributed by atoms with van der Waals surface area (Å²) in [5, 5.41) is 48.7. The van der Waals surface area contributed by atoms with Crippen LogP contribution in [-0.2, 0) is 10.3 Å². The van der Waals surface area contributed by atoms with Gasteiger partial charge in [0.25, 0.3) is 0 Å². The molecule has 0 amide bonds. The van der Waals surface area contributed by atoms with Crippen LogP contribution >= 0.6 is 0 Å². The zero-order chi connectivity index (χ0) is 45.4. The Balaban J connectivity index is 1.20. The van der Waals surface area contributed by atoms with E-state index in [0.29, 0.717) is 51.5 Å². The monoisotopic (exact) mass is 1130 g/mol. The van der Waals surface area contributed by atoms with Crippen LogP contribution < -0.4 is 28.4 Å². The molecule has 0 aromatic heterocycles. The minimum atomic E-state index is -1.53. The number of nitrogens with zero attached hydrogens (tertiary/aromatic N) is 6. The van der Waals surface area contributed by atoms with Gasteiger partial charge in [0.2, 0.25) is 0 Å². The normalized spacial score (nSPS) is 12.8. The number of hydrogen-bond donors (Lipinski definition) is 0. The number of hydrogen-bond acceptors (Lipinski definition) is 13. The van der Waals surface area contributed by atoms with Gasteiger partial charge in [-0.2, -0.15) is 0 Å². The molecule has 0 bridgehead atoms. The molecule has 0 unspecified atom stereocenters. The number of fused-ring (bicyclic) bond motifs is 6. The fourth-order valence-corrected chi connectivity index (χ4v) is 18.2. The zero-order valence-corrected chi connectivity index (χ0v) is 39.7. The van der Waals surface area contributed by atoms with Crippen molar-refractivity contribution in [2.24, 2.45) is 0 Å². The molecule has 65 heavy (non-hydrogen) atoms. The SMILES string of the molecule is O=C1OC2(c3ccc(N([Se]c4ccccc4[N+](=O)[O-])[Se]c4ccccc4[N+](=O)[O-])cc3Oc3cc(N([Se]c4ccccc4[N+](=O)[O-])[Se]c4ccccc4[N+](=O)[O-])ccc32)c2ccccc21. The molecule has 0 saturated heterocycles. The summed E-state index contributed by atoms with van der Waals surface area (Å²) in [6.45, 7) is 0. The first-order valence-electron chi connectivity index (χ1n) is 19.0. The van der Waals surface area contributed by atoms with Crippen molar-refractivity contribution in [2.75, 3.05) is 5.87 Å². The van der Waals surface area contributed by atoms with Crippen LogP contribution in [0.2, 0.25) is 0 Å². The van der Waals surface area contributed by atoms with Gasteiger partial charge in [-0.1, -0.05) is 0 Å². The number of esters is 1. The standard InChI is InChI=1S/C44H26N6O11Se4/c51-43-29-11-1-2-12-30(29)44(61-43)31-23-21-27(49(62-39-17-7-3-13-33(39)45(52)53)63-40-18-8-4-14-34(40)46(54)55)25-37(31)60-38-26-28(22-24-32(38)44)50(64-41-19-9-5-15-35(41)47(56)57)65-42-20-10-6-16-36(42)48(58)59/h1-26H. The molecule has 9 rings (SSSR count). The van der Waals surface area contributed by atoms with Crippen LogP contribution in [0.4, 0.5) is 34.1 Å². The molecular formula is C44H26N6O11Se4. The van der Waals surface area contributed by atoms with Crippen LogP contribution in [0.25, 0.3) is 0 Å². The number of ether oxygens (including phenoxy) is 2. The first-order chi connectivity index (χ1) is 31.4. The van der Waals surface area contributed by atoms with Gasteiger partial charge in [0.1, 0.15) is 0 Å². The summed E-state index contributed by atoms with van der Waals surface area (Å²) in [5.41, 5.74) is 0.938. The van der Waals surface area contributed by atoms with Gasteiger partial charge >= 0.3 is 396 Å². The van der Waals surface area contributed by atoms with Gasteiger partial charge in [-0.3, -0.25) is 0 Å². The first kappa shape index (κ1) is 43.3. The molecule has 7 aromatic rings. The summed E-state index contributed by atoms with van der Waals surface area (Å²) in [6.07, 6.45) is 0. The number of carbonyl (C=O) groups excluding carboxylic acids is 1. The molecule has 17 nitrogen and oxygen atoms in total. The number of anilines is 2. The van der Waals surface area contributed by atoms with E-state index in [2.05, 4.69) is 0 Å². The molecule has 0 atom stereocenters. The third kappa shape index (κ3) is 8.23. The van der Waals surface area contributed by atoms with Gasteiger partial charge in [0.15, 0.2) is 0 Å². The molecule has 2 heterocycles. The van der Waals surface area contributed by atoms with Crippen molar-refractivity contribution in [3.8, 4) is 11.5 Å². The molecule has 2 aliphatic heterocycles. The van der Waals surface area contributed by atoms with Crippen LogP contribution in [-0.4, -0.2) is 86.4 Å². The summed E-state index contributed by atoms with van der Waals surface area (Å²) in [4.78, 5) is 60.6. The molecule has 1 spiro atoms. The van der Waals surface area contributed by atoms with E-state index in [1.54, 1.807) is 133 Å². The predicted octanol–water partition coefficient (Wildman–Crippen LogP) is 5.28. The number of rotatable bonds is 14. The fraction of sp³-hybridized carbons (Fsp3) is 0.0227. The van der Waals surface area contributed by atoms with Crippen LogP contribution in [0.15, 0.2) is 158 Å². The average molecular weight is 1130 g/mol. The van der Waals surface area contributed by atoms with Crippen molar-refractivity contribution in [3.63, 3.8) is 0 Å². The maximum absolute atomic E-state index is 13.8. The summed E-state index contributed by atoms with van der Waals surface area (Å²) in [7, 11) is 0. The van der Waals surface area contributed by atoms with Crippen LogP contribution in [0.1, 0.15) is 27.0 Å². The Morgan fingerprint density at radius 3 is 1.14 bits per heavy atom. The Labute approximate surface area is 393 Å². The van der Waals surface area contributed by atoms with Crippen molar-refractivity contribution in [1.82, 2.24) is 0 Å². The van der Waals surface area contributed by atoms with E-state index in [4.69, 9.17) is 9.47 Å². The Kier molecular flexibility index (Phi) is 12.0. The van der Waals surface area contributed by atoms with Crippen molar-refractivity contribution < 1.29 is 34.0 Å². The summed E-state index contributed by atoms with van der Waals surface area (Å²) in [5.74, 6) is -0.0497. The quantitative estimate of drug-likeness (QED) is 0.0588. The molecule has 7 aromatic carbocycles. The van der Waals surface area contributed by atoms with E-state index in [-0.39, 0.29) is 34.2 Å². The van der Waals surface area contributed by atoms with Crippen molar-refractivity contribution >= 4 is 119 Å². The zero-order valence-electron chi connectivity index (χ0n) is 32.8. The van der Waals surface area contributed by atoms with Crippen LogP contribution in [0.3, 0.4) is 0 Å². The molecule has 0 N–H and O–H groups in total. The van der Waals surface area contributed by atoms with Crippen LogP contribution in [0, 0.1) is 40.5 Å². The predicted molar refractivity (Wildman–Crippen MR) is 244 cm³/mol. The second-order valence-electron chi connectivity index (χ2n) is 13.9. The van der Waals surface area contributed by atoms with Crippen molar-refractivity contribution in [1.29, 1.82) is 0 Å². The van der Waals surface area contributed by atoms with E-state index in [1.807, 2.05) is 5.87 Å².